The highest BCUT2D eigenvalue weighted by Gasteiger charge is 2.40. The Labute approximate surface area is 103 Å². The number of carbonyl (C=O) groups excluding carboxylic acids is 1. The Bertz CT molecular complexity index is 276. The number of hydrogen-bond donors (Lipinski definition) is 2. The number of piperidine rings is 1. The van der Waals surface area contributed by atoms with Crippen LogP contribution in [0.2, 0.25) is 0 Å². The summed E-state index contributed by atoms with van der Waals surface area (Å²) in [5.41, 5.74) is -0.261. The van der Waals surface area contributed by atoms with Crippen molar-refractivity contribution in [1.29, 1.82) is 0 Å². The number of carbonyl (C=O) groups is 1. The molecule has 1 saturated heterocycles. The van der Waals surface area contributed by atoms with Crippen LogP contribution in [-0.2, 0) is 9.53 Å². The molecule has 1 amide bonds. The van der Waals surface area contributed by atoms with Gasteiger partial charge in [0.15, 0.2) is 0 Å². The monoisotopic (exact) mass is 240 g/mol. The zero-order valence-corrected chi connectivity index (χ0v) is 11.0. The van der Waals surface area contributed by atoms with Crippen LogP contribution in [0.25, 0.3) is 0 Å². The third-order valence-corrected chi connectivity index (χ3v) is 4.52. The van der Waals surface area contributed by atoms with Gasteiger partial charge in [0.2, 0.25) is 5.91 Å². The van der Waals surface area contributed by atoms with Gasteiger partial charge >= 0.3 is 0 Å². The second-order valence-corrected chi connectivity index (χ2v) is 5.73. The van der Waals surface area contributed by atoms with Gasteiger partial charge in [0, 0.05) is 19.1 Å². The molecule has 4 nitrogen and oxygen atoms in total. The van der Waals surface area contributed by atoms with Gasteiger partial charge in [-0.3, -0.25) is 4.79 Å². The third-order valence-electron chi connectivity index (χ3n) is 4.52. The summed E-state index contributed by atoms with van der Waals surface area (Å²) >= 11 is 0. The molecule has 4 heteroatoms. The van der Waals surface area contributed by atoms with Crippen LogP contribution in [0, 0.1) is 5.41 Å². The van der Waals surface area contributed by atoms with E-state index in [2.05, 4.69) is 17.6 Å². The van der Waals surface area contributed by atoms with Crippen LogP contribution in [-0.4, -0.2) is 38.3 Å². The lowest BCUT2D eigenvalue weighted by molar-refractivity contribution is -0.135. The summed E-state index contributed by atoms with van der Waals surface area (Å²) in [5.74, 6) is 0.197. The van der Waals surface area contributed by atoms with E-state index < -0.39 is 0 Å². The molecule has 2 aliphatic rings. The molecule has 0 aromatic heterocycles. The largest absolute Gasteiger partial charge is 0.376 e. The minimum absolute atomic E-state index is 0.0705. The SMILES string of the molecule is COC1(CNC(=O)C2(C)CCNCC2)CCC1. The zero-order chi connectivity index (χ0) is 12.4. The summed E-state index contributed by atoms with van der Waals surface area (Å²) in [7, 11) is 1.75. The summed E-state index contributed by atoms with van der Waals surface area (Å²) in [5, 5.41) is 6.39. The van der Waals surface area contributed by atoms with Crippen molar-refractivity contribution in [1.82, 2.24) is 10.6 Å². The zero-order valence-electron chi connectivity index (χ0n) is 11.0. The van der Waals surface area contributed by atoms with Crippen LogP contribution >= 0.6 is 0 Å². The predicted octanol–water partition coefficient (Wildman–Crippen LogP) is 1.06. The van der Waals surface area contributed by atoms with E-state index >= 15 is 0 Å². The van der Waals surface area contributed by atoms with Crippen molar-refractivity contribution in [2.24, 2.45) is 5.41 Å². The molecule has 2 rings (SSSR count). The summed E-state index contributed by atoms with van der Waals surface area (Å²) in [6.07, 6.45) is 5.21. The van der Waals surface area contributed by atoms with Crippen LogP contribution in [0.3, 0.4) is 0 Å². The van der Waals surface area contributed by atoms with Crippen molar-refractivity contribution in [2.75, 3.05) is 26.7 Å². The number of hydrogen-bond acceptors (Lipinski definition) is 3. The molecule has 0 radical (unpaired) electrons. The average molecular weight is 240 g/mol. The van der Waals surface area contributed by atoms with E-state index in [4.69, 9.17) is 4.74 Å². The molecule has 0 unspecified atom stereocenters. The molecule has 98 valence electrons. The minimum atomic E-state index is -0.191. The second kappa shape index (κ2) is 4.94. The van der Waals surface area contributed by atoms with E-state index in [1.165, 1.54) is 6.42 Å². The summed E-state index contributed by atoms with van der Waals surface area (Å²) < 4.78 is 5.52. The number of nitrogens with one attached hydrogen (secondary N) is 2. The van der Waals surface area contributed by atoms with Gasteiger partial charge < -0.3 is 15.4 Å². The van der Waals surface area contributed by atoms with Crippen LogP contribution < -0.4 is 10.6 Å². The molecule has 0 atom stereocenters. The maximum atomic E-state index is 12.2. The molecule has 0 aromatic rings. The van der Waals surface area contributed by atoms with Crippen molar-refractivity contribution < 1.29 is 9.53 Å². The molecule has 2 fully saturated rings. The summed E-state index contributed by atoms with van der Waals surface area (Å²) in [6.45, 7) is 4.63. The highest BCUT2D eigenvalue weighted by atomic mass is 16.5. The van der Waals surface area contributed by atoms with Gasteiger partial charge in [-0.1, -0.05) is 6.92 Å². The Morgan fingerprint density at radius 1 is 1.29 bits per heavy atom. The summed E-state index contributed by atoms with van der Waals surface area (Å²) in [6, 6.07) is 0. The van der Waals surface area contributed by atoms with Gasteiger partial charge in [0.25, 0.3) is 0 Å². The maximum Gasteiger partial charge on any atom is 0.226 e. The van der Waals surface area contributed by atoms with Gasteiger partial charge in [0.1, 0.15) is 0 Å². The highest BCUT2D eigenvalue weighted by Crippen LogP contribution is 2.35. The highest BCUT2D eigenvalue weighted by molar-refractivity contribution is 5.82. The van der Waals surface area contributed by atoms with E-state index in [-0.39, 0.29) is 16.9 Å². The van der Waals surface area contributed by atoms with E-state index in [1.807, 2.05) is 0 Å². The summed E-state index contributed by atoms with van der Waals surface area (Å²) in [4.78, 5) is 12.2. The van der Waals surface area contributed by atoms with E-state index in [0.717, 1.165) is 38.8 Å². The Hall–Kier alpha value is -0.610. The quantitative estimate of drug-likeness (QED) is 0.772. The number of rotatable bonds is 4. The molecule has 1 aliphatic carbocycles. The van der Waals surface area contributed by atoms with E-state index in [1.54, 1.807) is 7.11 Å². The van der Waals surface area contributed by atoms with E-state index in [0.29, 0.717) is 6.54 Å². The van der Waals surface area contributed by atoms with Crippen LogP contribution in [0.5, 0.6) is 0 Å². The minimum Gasteiger partial charge on any atom is -0.376 e. The molecule has 17 heavy (non-hydrogen) atoms. The first kappa shape index (κ1) is 12.8. The van der Waals surface area contributed by atoms with Crippen LogP contribution in [0.15, 0.2) is 0 Å². The maximum absolute atomic E-state index is 12.2. The number of ether oxygens (including phenoxy) is 1. The third kappa shape index (κ3) is 2.63. The van der Waals surface area contributed by atoms with E-state index in [9.17, 15) is 4.79 Å². The molecule has 2 N–H and O–H groups in total. The molecule has 0 spiro atoms. The first-order valence-corrected chi connectivity index (χ1v) is 6.64. The predicted molar refractivity (Wildman–Crippen MR) is 66.8 cm³/mol. The van der Waals surface area contributed by atoms with Crippen LogP contribution in [0.4, 0.5) is 0 Å². The molecule has 1 saturated carbocycles. The standard InChI is InChI=1S/C13H24N2O2/c1-12(6-8-14-9-7-12)11(16)15-10-13(17-2)4-3-5-13/h14H,3-10H2,1-2H3,(H,15,16). The Balaban J connectivity index is 1.84. The second-order valence-electron chi connectivity index (χ2n) is 5.73. The fourth-order valence-electron chi connectivity index (χ4n) is 2.68. The van der Waals surface area contributed by atoms with Gasteiger partial charge in [-0.05, 0) is 45.2 Å². The topological polar surface area (TPSA) is 50.4 Å². The molecular formula is C13H24N2O2. The molecular weight excluding hydrogens is 216 g/mol. The normalized spacial score (nSPS) is 26.0. The number of methoxy groups -OCH3 is 1. The van der Waals surface area contributed by atoms with Gasteiger partial charge in [0.05, 0.1) is 5.60 Å². The fourth-order valence-corrected chi connectivity index (χ4v) is 2.68. The van der Waals surface area contributed by atoms with Crippen molar-refractivity contribution in [3.63, 3.8) is 0 Å². The molecule has 0 aromatic carbocycles. The Morgan fingerprint density at radius 2 is 1.94 bits per heavy atom. The smallest absolute Gasteiger partial charge is 0.226 e. The average Bonchev–Trinajstić information content (AvgIpc) is 2.29. The number of amides is 1. The lowest BCUT2D eigenvalue weighted by Gasteiger charge is -2.41. The lowest BCUT2D eigenvalue weighted by atomic mass is 9.78. The Morgan fingerprint density at radius 3 is 2.41 bits per heavy atom. The van der Waals surface area contributed by atoms with Crippen molar-refractivity contribution >= 4 is 5.91 Å². The first-order chi connectivity index (χ1) is 8.10. The first-order valence-electron chi connectivity index (χ1n) is 6.64. The molecule has 0 bridgehead atoms. The van der Waals surface area contributed by atoms with Crippen LogP contribution in [0.1, 0.15) is 39.0 Å². The van der Waals surface area contributed by atoms with Gasteiger partial charge in [-0.15, -0.1) is 0 Å². The molecule has 1 aliphatic heterocycles. The van der Waals surface area contributed by atoms with Gasteiger partial charge in [-0.25, -0.2) is 0 Å². The van der Waals surface area contributed by atoms with Crippen molar-refractivity contribution in [3.8, 4) is 0 Å². The lowest BCUT2D eigenvalue weighted by Crippen LogP contribution is -2.53. The molecule has 1 heterocycles. The Kier molecular flexibility index (Phi) is 3.73. The fraction of sp³-hybridized carbons (Fsp3) is 0.923. The van der Waals surface area contributed by atoms with Crippen molar-refractivity contribution in [3.05, 3.63) is 0 Å². The van der Waals surface area contributed by atoms with Gasteiger partial charge in [-0.2, -0.15) is 0 Å². The van der Waals surface area contributed by atoms with Crippen molar-refractivity contribution in [2.45, 2.75) is 44.6 Å².